The van der Waals surface area contributed by atoms with E-state index in [4.69, 9.17) is 23.7 Å². The highest BCUT2D eigenvalue weighted by Crippen LogP contribution is 2.51. The van der Waals surface area contributed by atoms with Crippen LogP contribution in [0.2, 0.25) is 0 Å². The van der Waals surface area contributed by atoms with Gasteiger partial charge in [0.25, 0.3) is 0 Å². The fraction of sp³-hybridized carbons (Fsp3) is 0.333. The molecule has 0 fully saturated rings. The normalized spacial score (nSPS) is 16.9. The summed E-state index contributed by atoms with van der Waals surface area (Å²) in [5, 5.41) is 0. The topological polar surface area (TPSA) is 46.2 Å². The molecule has 1 heterocycles. The predicted octanol–water partition coefficient (Wildman–Crippen LogP) is 5.71. The minimum absolute atomic E-state index is 0.131. The Hall–Kier alpha value is -3.18. The van der Waals surface area contributed by atoms with E-state index in [0.717, 1.165) is 34.6 Å². The summed E-state index contributed by atoms with van der Waals surface area (Å²) in [6.45, 7) is 3.34. The van der Waals surface area contributed by atoms with Crippen molar-refractivity contribution in [1.82, 2.24) is 0 Å². The fourth-order valence-electron chi connectivity index (χ4n) is 4.13. The second-order valence-corrected chi connectivity index (χ2v) is 7.97. The molecule has 5 nitrogen and oxygen atoms in total. The molecule has 32 heavy (non-hydrogen) atoms. The van der Waals surface area contributed by atoms with Crippen molar-refractivity contribution in [3.05, 3.63) is 82.9 Å². The fourth-order valence-corrected chi connectivity index (χ4v) is 4.13. The molecule has 0 saturated carbocycles. The lowest BCUT2D eigenvalue weighted by Crippen LogP contribution is -2.08. The first-order valence-electron chi connectivity index (χ1n) is 10.9. The Morgan fingerprint density at radius 2 is 1.59 bits per heavy atom. The van der Waals surface area contributed by atoms with Crippen LogP contribution >= 0.6 is 0 Å². The SMILES string of the molecule is COCCc1cc(OC)c2c(c1)[C@@H](C)[C@H](c1ccc(OCc3ccccc3)c(OC)c1)O2. The summed E-state index contributed by atoms with van der Waals surface area (Å²) in [4.78, 5) is 0. The van der Waals surface area contributed by atoms with Gasteiger partial charge < -0.3 is 23.7 Å². The van der Waals surface area contributed by atoms with Gasteiger partial charge in [-0.2, -0.15) is 0 Å². The molecular weight excluding hydrogens is 404 g/mol. The van der Waals surface area contributed by atoms with E-state index in [-0.39, 0.29) is 12.0 Å². The van der Waals surface area contributed by atoms with E-state index in [1.807, 2.05) is 54.6 Å². The number of rotatable bonds is 9. The average molecular weight is 435 g/mol. The van der Waals surface area contributed by atoms with E-state index in [1.54, 1.807) is 21.3 Å². The van der Waals surface area contributed by atoms with E-state index in [9.17, 15) is 0 Å². The second-order valence-electron chi connectivity index (χ2n) is 7.97. The monoisotopic (exact) mass is 434 g/mol. The molecule has 0 N–H and O–H groups in total. The summed E-state index contributed by atoms with van der Waals surface area (Å²) in [6.07, 6.45) is 0.701. The Balaban J connectivity index is 1.56. The van der Waals surface area contributed by atoms with Crippen LogP contribution in [0.5, 0.6) is 23.0 Å². The maximum Gasteiger partial charge on any atom is 0.165 e. The van der Waals surface area contributed by atoms with Gasteiger partial charge in [0.15, 0.2) is 23.0 Å². The first-order chi connectivity index (χ1) is 15.6. The molecule has 0 aliphatic carbocycles. The van der Waals surface area contributed by atoms with Crippen LogP contribution in [0.15, 0.2) is 60.7 Å². The molecule has 0 spiro atoms. The van der Waals surface area contributed by atoms with Crippen LogP contribution in [-0.4, -0.2) is 27.9 Å². The minimum Gasteiger partial charge on any atom is -0.493 e. The van der Waals surface area contributed by atoms with E-state index in [2.05, 4.69) is 13.0 Å². The van der Waals surface area contributed by atoms with Crippen molar-refractivity contribution in [2.45, 2.75) is 32.0 Å². The molecule has 3 aromatic rings. The summed E-state index contributed by atoms with van der Waals surface area (Å²) in [5.41, 5.74) is 4.49. The highest BCUT2D eigenvalue weighted by Gasteiger charge is 2.35. The van der Waals surface area contributed by atoms with Crippen molar-refractivity contribution in [1.29, 1.82) is 0 Å². The molecule has 0 radical (unpaired) electrons. The van der Waals surface area contributed by atoms with Gasteiger partial charge in [-0.05, 0) is 41.3 Å². The zero-order valence-electron chi connectivity index (χ0n) is 19.1. The zero-order chi connectivity index (χ0) is 22.5. The first-order valence-corrected chi connectivity index (χ1v) is 10.9. The van der Waals surface area contributed by atoms with Crippen LogP contribution in [0.25, 0.3) is 0 Å². The summed E-state index contributed by atoms with van der Waals surface area (Å²) >= 11 is 0. The maximum atomic E-state index is 6.40. The van der Waals surface area contributed by atoms with Gasteiger partial charge in [-0.3, -0.25) is 0 Å². The summed E-state index contributed by atoms with van der Waals surface area (Å²) in [5.74, 6) is 3.15. The van der Waals surface area contributed by atoms with Crippen molar-refractivity contribution >= 4 is 0 Å². The number of hydrogen-bond acceptors (Lipinski definition) is 5. The summed E-state index contributed by atoms with van der Waals surface area (Å²) in [7, 11) is 5.05. The van der Waals surface area contributed by atoms with Gasteiger partial charge in [0, 0.05) is 18.6 Å². The molecule has 1 aliphatic heterocycles. The van der Waals surface area contributed by atoms with Gasteiger partial charge in [-0.25, -0.2) is 0 Å². The third-order valence-electron chi connectivity index (χ3n) is 5.90. The van der Waals surface area contributed by atoms with Crippen LogP contribution in [-0.2, 0) is 17.8 Å². The Kier molecular flexibility index (Phi) is 6.86. The zero-order valence-corrected chi connectivity index (χ0v) is 19.1. The van der Waals surface area contributed by atoms with E-state index in [1.165, 1.54) is 5.56 Å². The minimum atomic E-state index is -0.131. The lowest BCUT2D eigenvalue weighted by molar-refractivity contribution is 0.202. The number of benzene rings is 3. The van der Waals surface area contributed by atoms with Gasteiger partial charge in [-0.1, -0.05) is 49.4 Å². The summed E-state index contributed by atoms with van der Waals surface area (Å²) < 4.78 is 28.9. The molecule has 3 aromatic carbocycles. The largest absolute Gasteiger partial charge is 0.493 e. The molecular formula is C27H30O5. The van der Waals surface area contributed by atoms with Crippen LogP contribution in [0.4, 0.5) is 0 Å². The lowest BCUT2D eigenvalue weighted by Gasteiger charge is -2.18. The molecule has 0 amide bonds. The van der Waals surface area contributed by atoms with Crippen LogP contribution in [0.1, 0.15) is 41.2 Å². The van der Waals surface area contributed by atoms with Gasteiger partial charge >= 0.3 is 0 Å². The quantitative estimate of drug-likeness (QED) is 0.432. The van der Waals surface area contributed by atoms with Crippen molar-refractivity contribution in [2.75, 3.05) is 27.9 Å². The highest BCUT2D eigenvalue weighted by molar-refractivity contribution is 5.55. The van der Waals surface area contributed by atoms with E-state index in [0.29, 0.717) is 24.7 Å². The van der Waals surface area contributed by atoms with Crippen molar-refractivity contribution < 1.29 is 23.7 Å². The van der Waals surface area contributed by atoms with Gasteiger partial charge in [0.1, 0.15) is 12.7 Å². The highest BCUT2D eigenvalue weighted by atomic mass is 16.5. The Morgan fingerprint density at radius 3 is 2.31 bits per heavy atom. The van der Waals surface area contributed by atoms with Gasteiger partial charge in [0.2, 0.25) is 0 Å². The molecule has 168 valence electrons. The smallest absolute Gasteiger partial charge is 0.165 e. The Bertz CT molecular complexity index is 1050. The number of methoxy groups -OCH3 is 3. The molecule has 0 saturated heterocycles. The van der Waals surface area contributed by atoms with E-state index < -0.39 is 0 Å². The van der Waals surface area contributed by atoms with Crippen LogP contribution in [0, 0.1) is 0 Å². The Labute approximate surface area is 189 Å². The molecule has 2 atom stereocenters. The van der Waals surface area contributed by atoms with Crippen molar-refractivity contribution in [3.63, 3.8) is 0 Å². The van der Waals surface area contributed by atoms with Gasteiger partial charge in [0.05, 0.1) is 20.8 Å². The molecule has 1 aliphatic rings. The standard InChI is InChI=1S/C27H30O5/c1-18-22-14-20(12-13-28-2)15-25(30-4)27(22)32-26(18)21-10-11-23(24(16-21)29-3)31-17-19-8-6-5-7-9-19/h5-11,14-16,18,26H,12-13,17H2,1-4H3/t18-,26-/m1/s1. The molecule has 4 rings (SSSR count). The molecule has 0 aromatic heterocycles. The molecule has 0 bridgehead atoms. The average Bonchev–Trinajstić information content (AvgIpc) is 3.17. The number of fused-ring (bicyclic) bond motifs is 1. The van der Waals surface area contributed by atoms with Crippen molar-refractivity contribution in [2.24, 2.45) is 0 Å². The summed E-state index contributed by atoms with van der Waals surface area (Å²) in [6, 6.07) is 20.3. The number of ether oxygens (including phenoxy) is 5. The Morgan fingerprint density at radius 1 is 0.812 bits per heavy atom. The molecule has 5 heteroatoms. The molecule has 0 unspecified atom stereocenters. The van der Waals surface area contributed by atoms with Gasteiger partial charge in [-0.15, -0.1) is 0 Å². The third-order valence-corrected chi connectivity index (χ3v) is 5.90. The van der Waals surface area contributed by atoms with E-state index >= 15 is 0 Å². The maximum absolute atomic E-state index is 6.40. The second kappa shape index (κ2) is 9.96. The van der Waals surface area contributed by atoms with Crippen LogP contribution in [0.3, 0.4) is 0 Å². The van der Waals surface area contributed by atoms with Crippen molar-refractivity contribution in [3.8, 4) is 23.0 Å². The first kappa shape index (κ1) is 22.0. The third kappa shape index (κ3) is 4.53. The number of hydrogen-bond donors (Lipinski definition) is 0. The predicted molar refractivity (Wildman–Crippen MR) is 124 cm³/mol. The lowest BCUT2D eigenvalue weighted by atomic mass is 9.91. The van der Waals surface area contributed by atoms with Crippen LogP contribution < -0.4 is 18.9 Å².